The Morgan fingerprint density at radius 3 is 3.00 bits per heavy atom. The third kappa shape index (κ3) is 3.72. The van der Waals surface area contributed by atoms with E-state index in [-0.39, 0.29) is 24.5 Å². The number of rotatable bonds is 3. The Hall–Kier alpha value is -2.02. The van der Waals surface area contributed by atoms with Crippen LogP contribution < -0.4 is 5.32 Å². The SMILES string of the molecule is CC1CCCCN1C(=O)COC(=O)c1ccc2c(c1)NC(=O)CS2. The number of ether oxygens (including phenoxy) is 1. The van der Waals surface area contributed by atoms with Crippen LogP contribution in [0.4, 0.5) is 5.69 Å². The maximum Gasteiger partial charge on any atom is 0.338 e. The lowest BCUT2D eigenvalue weighted by atomic mass is 10.0. The van der Waals surface area contributed by atoms with Gasteiger partial charge in [0, 0.05) is 17.5 Å². The highest BCUT2D eigenvalue weighted by Crippen LogP contribution is 2.32. The van der Waals surface area contributed by atoms with Crippen molar-refractivity contribution in [1.82, 2.24) is 4.90 Å². The number of anilines is 1. The van der Waals surface area contributed by atoms with Crippen molar-refractivity contribution >= 4 is 35.2 Å². The molecule has 0 spiro atoms. The second-order valence-corrected chi connectivity index (χ2v) is 7.07. The second-order valence-electron chi connectivity index (χ2n) is 6.06. The van der Waals surface area contributed by atoms with Gasteiger partial charge < -0.3 is 15.0 Å². The molecule has 1 aromatic carbocycles. The van der Waals surface area contributed by atoms with Gasteiger partial charge in [-0.2, -0.15) is 0 Å². The van der Waals surface area contributed by atoms with Crippen LogP contribution in [0.3, 0.4) is 0 Å². The van der Waals surface area contributed by atoms with Crippen LogP contribution in [0, 0.1) is 0 Å². The van der Waals surface area contributed by atoms with Gasteiger partial charge in [0.1, 0.15) is 0 Å². The maximum absolute atomic E-state index is 12.2. The molecule has 0 saturated carbocycles. The largest absolute Gasteiger partial charge is 0.452 e. The Morgan fingerprint density at radius 1 is 1.38 bits per heavy atom. The first kappa shape index (κ1) is 16.8. The molecule has 0 aromatic heterocycles. The first-order chi connectivity index (χ1) is 11.5. The number of hydrogen-bond donors (Lipinski definition) is 1. The zero-order valence-electron chi connectivity index (χ0n) is 13.5. The van der Waals surface area contributed by atoms with Crippen LogP contribution in [0.1, 0.15) is 36.5 Å². The first-order valence-corrected chi connectivity index (χ1v) is 9.06. The van der Waals surface area contributed by atoms with Crippen molar-refractivity contribution in [3.63, 3.8) is 0 Å². The average Bonchev–Trinajstić information content (AvgIpc) is 2.59. The summed E-state index contributed by atoms with van der Waals surface area (Å²) >= 11 is 1.43. The Bertz CT molecular complexity index is 677. The Balaban J connectivity index is 1.60. The Kier molecular flexibility index (Phi) is 5.08. The quantitative estimate of drug-likeness (QED) is 0.848. The number of thioether (sulfide) groups is 1. The van der Waals surface area contributed by atoms with Crippen molar-refractivity contribution in [3.8, 4) is 0 Å². The fraction of sp³-hybridized carbons (Fsp3) is 0.471. The molecule has 1 atom stereocenters. The van der Waals surface area contributed by atoms with Gasteiger partial charge in [-0.15, -0.1) is 11.8 Å². The zero-order chi connectivity index (χ0) is 17.1. The van der Waals surface area contributed by atoms with E-state index in [1.807, 2.05) is 6.92 Å². The monoisotopic (exact) mass is 348 g/mol. The fourth-order valence-electron chi connectivity index (χ4n) is 2.97. The number of hydrogen-bond acceptors (Lipinski definition) is 5. The molecule has 0 radical (unpaired) electrons. The highest BCUT2D eigenvalue weighted by Gasteiger charge is 2.24. The molecule has 1 fully saturated rings. The van der Waals surface area contributed by atoms with Gasteiger partial charge in [-0.1, -0.05) is 0 Å². The number of carbonyl (C=O) groups is 3. The third-order valence-corrected chi connectivity index (χ3v) is 5.37. The molecule has 2 aliphatic rings. The van der Waals surface area contributed by atoms with E-state index >= 15 is 0 Å². The normalized spacial score (nSPS) is 20.1. The lowest BCUT2D eigenvalue weighted by Crippen LogP contribution is -2.44. The van der Waals surface area contributed by atoms with Crippen LogP contribution in [-0.2, 0) is 14.3 Å². The summed E-state index contributed by atoms with van der Waals surface area (Å²) in [5.41, 5.74) is 0.942. The van der Waals surface area contributed by atoms with Gasteiger partial charge in [0.2, 0.25) is 5.91 Å². The minimum Gasteiger partial charge on any atom is -0.452 e. The van der Waals surface area contributed by atoms with E-state index in [1.165, 1.54) is 11.8 Å². The minimum atomic E-state index is -0.555. The average molecular weight is 348 g/mol. The van der Waals surface area contributed by atoms with Gasteiger partial charge in [0.15, 0.2) is 6.61 Å². The summed E-state index contributed by atoms with van der Waals surface area (Å²) < 4.78 is 5.16. The number of piperidine rings is 1. The number of nitrogens with one attached hydrogen (secondary N) is 1. The Labute approximate surface area is 144 Å². The van der Waals surface area contributed by atoms with E-state index in [2.05, 4.69) is 5.32 Å². The predicted molar refractivity (Wildman–Crippen MR) is 91.1 cm³/mol. The molecule has 0 bridgehead atoms. The highest BCUT2D eigenvalue weighted by molar-refractivity contribution is 8.00. The van der Waals surface area contributed by atoms with Crippen molar-refractivity contribution in [2.45, 2.75) is 37.1 Å². The van der Waals surface area contributed by atoms with Crippen LogP contribution in [0.2, 0.25) is 0 Å². The summed E-state index contributed by atoms with van der Waals surface area (Å²) in [6.45, 7) is 2.49. The minimum absolute atomic E-state index is 0.0905. The number of nitrogens with zero attached hydrogens (tertiary/aromatic N) is 1. The van der Waals surface area contributed by atoms with Crippen LogP contribution in [0.5, 0.6) is 0 Å². The Morgan fingerprint density at radius 2 is 2.21 bits per heavy atom. The smallest absolute Gasteiger partial charge is 0.338 e. The van der Waals surface area contributed by atoms with Crippen molar-refractivity contribution < 1.29 is 19.1 Å². The molecule has 2 heterocycles. The summed E-state index contributed by atoms with van der Waals surface area (Å²) in [4.78, 5) is 38.5. The summed E-state index contributed by atoms with van der Waals surface area (Å²) in [5, 5.41) is 2.73. The molecule has 2 aliphatic heterocycles. The number of amides is 2. The molecule has 2 amide bonds. The molecule has 7 heteroatoms. The van der Waals surface area contributed by atoms with Crippen LogP contribution in [-0.4, -0.2) is 47.6 Å². The number of esters is 1. The lowest BCUT2D eigenvalue weighted by molar-refractivity contribution is -0.137. The number of benzene rings is 1. The van der Waals surface area contributed by atoms with Gasteiger partial charge in [-0.3, -0.25) is 9.59 Å². The fourth-order valence-corrected chi connectivity index (χ4v) is 3.76. The molecule has 128 valence electrons. The van der Waals surface area contributed by atoms with E-state index in [0.717, 1.165) is 30.7 Å². The summed E-state index contributed by atoms with van der Waals surface area (Å²) in [6, 6.07) is 5.22. The standard InChI is InChI=1S/C17H20N2O4S/c1-11-4-2-3-7-19(11)16(21)9-23-17(22)12-5-6-14-13(8-12)18-15(20)10-24-14/h5-6,8,11H,2-4,7,9-10H2,1H3,(H,18,20). The molecule has 1 saturated heterocycles. The molecule has 24 heavy (non-hydrogen) atoms. The van der Waals surface area contributed by atoms with E-state index in [4.69, 9.17) is 4.74 Å². The molecule has 1 unspecified atom stereocenters. The molecule has 3 rings (SSSR count). The second kappa shape index (κ2) is 7.25. The van der Waals surface area contributed by atoms with E-state index in [0.29, 0.717) is 17.0 Å². The molecular weight excluding hydrogens is 328 g/mol. The van der Waals surface area contributed by atoms with Crippen LogP contribution >= 0.6 is 11.8 Å². The highest BCUT2D eigenvalue weighted by atomic mass is 32.2. The lowest BCUT2D eigenvalue weighted by Gasteiger charge is -2.33. The number of fused-ring (bicyclic) bond motifs is 1. The van der Waals surface area contributed by atoms with Crippen molar-refractivity contribution in [2.24, 2.45) is 0 Å². The van der Waals surface area contributed by atoms with E-state index in [9.17, 15) is 14.4 Å². The molecule has 1 aromatic rings. The summed E-state index contributed by atoms with van der Waals surface area (Å²) in [6.07, 6.45) is 3.11. The number of carbonyl (C=O) groups excluding carboxylic acids is 3. The topological polar surface area (TPSA) is 75.7 Å². The van der Waals surface area contributed by atoms with Crippen molar-refractivity contribution in [1.29, 1.82) is 0 Å². The molecule has 0 aliphatic carbocycles. The predicted octanol–water partition coefficient (Wildman–Crippen LogP) is 2.29. The van der Waals surface area contributed by atoms with Crippen LogP contribution in [0.25, 0.3) is 0 Å². The van der Waals surface area contributed by atoms with Gasteiger partial charge in [0.25, 0.3) is 5.91 Å². The molecule has 6 nitrogen and oxygen atoms in total. The van der Waals surface area contributed by atoms with Gasteiger partial charge >= 0.3 is 5.97 Å². The van der Waals surface area contributed by atoms with Gasteiger partial charge in [-0.05, 0) is 44.4 Å². The zero-order valence-corrected chi connectivity index (χ0v) is 14.4. The first-order valence-electron chi connectivity index (χ1n) is 8.08. The van der Waals surface area contributed by atoms with Crippen molar-refractivity contribution in [3.05, 3.63) is 23.8 Å². The molecule has 1 N–H and O–H groups in total. The summed E-state index contributed by atoms with van der Waals surface area (Å²) in [5.74, 6) is -0.426. The van der Waals surface area contributed by atoms with Crippen molar-refractivity contribution in [2.75, 3.05) is 24.2 Å². The van der Waals surface area contributed by atoms with Crippen LogP contribution in [0.15, 0.2) is 23.1 Å². The third-order valence-electron chi connectivity index (χ3n) is 4.30. The summed E-state index contributed by atoms with van der Waals surface area (Å²) in [7, 11) is 0. The number of likely N-dealkylation sites (tertiary alicyclic amines) is 1. The maximum atomic E-state index is 12.2. The van der Waals surface area contributed by atoms with Gasteiger partial charge in [-0.25, -0.2) is 4.79 Å². The molecular formula is C17H20N2O4S. The van der Waals surface area contributed by atoms with E-state index in [1.54, 1.807) is 23.1 Å². The van der Waals surface area contributed by atoms with Gasteiger partial charge in [0.05, 0.1) is 17.0 Å². The van der Waals surface area contributed by atoms with E-state index < -0.39 is 5.97 Å².